The first kappa shape index (κ1) is 18.2. The van der Waals surface area contributed by atoms with Gasteiger partial charge in [0.15, 0.2) is 0 Å². The van der Waals surface area contributed by atoms with Crippen LogP contribution in [-0.4, -0.2) is 49.0 Å². The monoisotopic (exact) mass is 378 g/mol. The van der Waals surface area contributed by atoms with Crippen molar-refractivity contribution in [1.82, 2.24) is 30.0 Å². The molecule has 0 bridgehead atoms. The molecule has 1 saturated heterocycles. The summed E-state index contributed by atoms with van der Waals surface area (Å²) in [7, 11) is 0. The molecular weight excluding hydrogens is 356 g/mol. The Morgan fingerprint density at radius 1 is 1.21 bits per heavy atom. The second kappa shape index (κ2) is 7.84. The molecule has 1 aliphatic rings. The summed E-state index contributed by atoms with van der Waals surface area (Å²) in [4.78, 5) is 31.3. The standard InChI is InChI=1S/C20H22N6O2/c1-13-19(14(2)28-25-13)18-7-17(23-12-24-18)6-15-4-3-5-26(10-15)20(27)16-8-21-11-22-9-16/h7-9,11-12,15H,3-6,10H2,1-2H3/t15-/m0/s1. The Bertz CT molecular complexity index is 952. The van der Waals surface area contributed by atoms with Crippen LogP contribution < -0.4 is 0 Å². The van der Waals surface area contributed by atoms with E-state index in [-0.39, 0.29) is 5.91 Å². The van der Waals surface area contributed by atoms with Crippen LogP contribution in [0.15, 0.2) is 35.6 Å². The third-order valence-electron chi connectivity index (χ3n) is 5.12. The van der Waals surface area contributed by atoms with E-state index in [9.17, 15) is 4.79 Å². The number of likely N-dealkylation sites (tertiary alicyclic amines) is 1. The Morgan fingerprint density at radius 3 is 2.79 bits per heavy atom. The summed E-state index contributed by atoms with van der Waals surface area (Å²) in [5.41, 5.74) is 4.07. The summed E-state index contributed by atoms with van der Waals surface area (Å²) in [5, 5.41) is 4.01. The number of amides is 1. The van der Waals surface area contributed by atoms with E-state index in [1.807, 2.05) is 24.8 Å². The van der Waals surface area contributed by atoms with Crippen LogP contribution in [0.4, 0.5) is 0 Å². The molecule has 3 aromatic rings. The summed E-state index contributed by atoms with van der Waals surface area (Å²) in [6.07, 6.45) is 9.00. The number of hydrogen-bond acceptors (Lipinski definition) is 7. The predicted octanol–water partition coefficient (Wildman–Crippen LogP) is 2.63. The maximum Gasteiger partial charge on any atom is 0.256 e. The zero-order valence-electron chi connectivity index (χ0n) is 16.0. The predicted molar refractivity (Wildman–Crippen MR) is 101 cm³/mol. The van der Waals surface area contributed by atoms with Crippen LogP contribution in [0.5, 0.6) is 0 Å². The number of carbonyl (C=O) groups is 1. The van der Waals surface area contributed by atoms with Crippen LogP contribution >= 0.6 is 0 Å². The van der Waals surface area contributed by atoms with Gasteiger partial charge in [-0.1, -0.05) is 5.16 Å². The van der Waals surface area contributed by atoms with E-state index in [1.165, 1.54) is 6.33 Å². The first-order chi connectivity index (χ1) is 13.6. The maximum absolute atomic E-state index is 12.7. The lowest BCUT2D eigenvalue weighted by Gasteiger charge is -2.32. The Kier molecular flexibility index (Phi) is 5.10. The third kappa shape index (κ3) is 3.76. The number of nitrogens with zero attached hydrogens (tertiary/aromatic N) is 6. The molecule has 144 valence electrons. The van der Waals surface area contributed by atoms with Crippen molar-refractivity contribution < 1.29 is 9.32 Å². The number of carbonyl (C=O) groups excluding carboxylic acids is 1. The molecule has 1 aliphatic heterocycles. The highest BCUT2D eigenvalue weighted by molar-refractivity contribution is 5.93. The van der Waals surface area contributed by atoms with Crippen molar-refractivity contribution in [1.29, 1.82) is 0 Å². The van der Waals surface area contributed by atoms with Gasteiger partial charge in [-0.2, -0.15) is 0 Å². The molecule has 0 radical (unpaired) electrons. The largest absolute Gasteiger partial charge is 0.361 e. The van der Waals surface area contributed by atoms with E-state index >= 15 is 0 Å². The van der Waals surface area contributed by atoms with Gasteiger partial charge >= 0.3 is 0 Å². The van der Waals surface area contributed by atoms with Gasteiger partial charge < -0.3 is 9.42 Å². The molecule has 28 heavy (non-hydrogen) atoms. The molecule has 4 heterocycles. The molecule has 1 atom stereocenters. The number of rotatable bonds is 4. The van der Waals surface area contributed by atoms with E-state index in [0.717, 1.165) is 54.2 Å². The van der Waals surface area contributed by atoms with Gasteiger partial charge in [-0.25, -0.2) is 19.9 Å². The minimum atomic E-state index is -0.00982. The Labute approximate surface area is 163 Å². The highest BCUT2D eigenvalue weighted by Gasteiger charge is 2.25. The van der Waals surface area contributed by atoms with Gasteiger partial charge in [0, 0.05) is 31.2 Å². The molecule has 0 N–H and O–H groups in total. The van der Waals surface area contributed by atoms with Gasteiger partial charge in [-0.05, 0) is 45.1 Å². The zero-order valence-corrected chi connectivity index (χ0v) is 16.0. The van der Waals surface area contributed by atoms with Gasteiger partial charge in [0.25, 0.3) is 5.91 Å². The number of aryl methyl sites for hydroxylation is 2. The SMILES string of the molecule is Cc1noc(C)c1-c1cc(C[C@@H]2CCCN(C(=O)c3cncnc3)C2)ncn1. The lowest BCUT2D eigenvalue weighted by Crippen LogP contribution is -2.40. The van der Waals surface area contributed by atoms with Crippen LogP contribution in [0.1, 0.15) is 40.3 Å². The van der Waals surface area contributed by atoms with Crippen molar-refractivity contribution in [2.24, 2.45) is 5.92 Å². The van der Waals surface area contributed by atoms with Crippen LogP contribution in [0.2, 0.25) is 0 Å². The second-order valence-electron chi connectivity index (χ2n) is 7.18. The quantitative estimate of drug-likeness (QED) is 0.688. The third-order valence-corrected chi connectivity index (χ3v) is 5.12. The average molecular weight is 378 g/mol. The molecule has 3 aromatic heterocycles. The summed E-state index contributed by atoms with van der Waals surface area (Å²) < 4.78 is 5.26. The maximum atomic E-state index is 12.7. The molecule has 8 heteroatoms. The van der Waals surface area contributed by atoms with Crippen LogP contribution in [0, 0.1) is 19.8 Å². The molecule has 0 aromatic carbocycles. The first-order valence-corrected chi connectivity index (χ1v) is 9.40. The number of aromatic nitrogens is 5. The van der Waals surface area contributed by atoms with Crippen LogP contribution in [0.3, 0.4) is 0 Å². The molecular formula is C20H22N6O2. The van der Waals surface area contributed by atoms with Gasteiger partial charge in [0.1, 0.15) is 18.4 Å². The molecule has 4 rings (SSSR count). The minimum Gasteiger partial charge on any atom is -0.361 e. The van der Waals surface area contributed by atoms with Crippen LogP contribution in [-0.2, 0) is 6.42 Å². The van der Waals surface area contributed by atoms with Crippen molar-refractivity contribution in [3.63, 3.8) is 0 Å². The highest BCUT2D eigenvalue weighted by Crippen LogP contribution is 2.27. The van der Waals surface area contributed by atoms with Crippen molar-refractivity contribution in [2.75, 3.05) is 13.1 Å². The molecule has 0 aliphatic carbocycles. The lowest BCUT2D eigenvalue weighted by molar-refractivity contribution is 0.0672. The summed E-state index contributed by atoms with van der Waals surface area (Å²) >= 11 is 0. The zero-order chi connectivity index (χ0) is 19.5. The lowest BCUT2D eigenvalue weighted by atomic mass is 9.92. The summed E-state index contributed by atoms with van der Waals surface area (Å²) in [5.74, 6) is 1.10. The van der Waals surface area contributed by atoms with Gasteiger partial charge in [0.2, 0.25) is 0 Å². The van der Waals surface area contributed by atoms with Crippen molar-refractivity contribution in [2.45, 2.75) is 33.1 Å². The fourth-order valence-corrected chi connectivity index (χ4v) is 3.80. The van der Waals surface area contributed by atoms with Crippen molar-refractivity contribution in [3.8, 4) is 11.3 Å². The van der Waals surface area contributed by atoms with E-state index in [0.29, 0.717) is 18.0 Å². The Morgan fingerprint density at radius 2 is 2.04 bits per heavy atom. The second-order valence-corrected chi connectivity index (χ2v) is 7.18. The first-order valence-electron chi connectivity index (χ1n) is 9.40. The topological polar surface area (TPSA) is 97.9 Å². The molecule has 0 saturated carbocycles. The van der Waals surface area contributed by atoms with Gasteiger partial charge in [-0.3, -0.25) is 4.79 Å². The molecule has 0 spiro atoms. The minimum absolute atomic E-state index is 0.00982. The Hall–Kier alpha value is -3.16. The Balaban J connectivity index is 1.47. The van der Waals surface area contributed by atoms with Crippen molar-refractivity contribution in [3.05, 3.63) is 53.8 Å². The van der Waals surface area contributed by atoms with Crippen LogP contribution in [0.25, 0.3) is 11.3 Å². The summed E-state index contributed by atoms with van der Waals surface area (Å²) in [6, 6.07) is 2.00. The van der Waals surface area contributed by atoms with Gasteiger partial charge in [-0.15, -0.1) is 0 Å². The van der Waals surface area contributed by atoms with E-state index < -0.39 is 0 Å². The molecule has 1 amide bonds. The van der Waals surface area contributed by atoms with E-state index in [1.54, 1.807) is 18.7 Å². The van der Waals surface area contributed by atoms with E-state index in [2.05, 4.69) is 25.1 Å². The fourth-order valence-electron chi connectivity index (χ4n) is 3.80. The number of hydrogen-bond donors (Lipinski definition) is 0. The molecule has 0 unspecified atom stereocenters. The number of piperidine rings is 1. The molecule has 1 fully saturated rings. The summed E-state index contributed by atoms with van der Waals surface area (Å²) in [6.45, 7) is 5.26. The average Bonchev–Trinajstić information content (AvgIpc) is 3.06. The molecule has 8 nitrogen and oxygen atoms in total. The van der Waals surface area contributed by atoms with Gasteiger partial charge in [0.05, 0.1) is 22.5 Å². The fraction of sp³-hybridized carbons (Fsp3) is 0.400. The van der Waals surface area contributed by atoms with Crippen molar-refractivity contribution >= 4 is 5.91 Å². The normalized spacial score (nSPS) is 16.9. The van der Waals surface area contributed by atoms with E-state index in [4.69, 9.17) is 4.52 Å². The smallest absolute Gasteiger partial charge is 0.256 e. The highest BCUT2D eigenvalue weighted by atomic mass is 16.5.